The summed E-state index contributed by atoms with van der Waals surface area (Å²) < 4.78 is 0. The molecule has 1 aromatic rings. The Morgan fingerprint density at radius 1 is 1.26 bits per heavy atom. The van der Waals surface area contributed by atoms with Gasteiger partial charge in [-0.3, -0.25) is 9.88 Å². The van der Waals surface area contributed by atoms with E-state index in [0.29, 0.717) is 0 Å². The van der Waals surface area contributed by atoms with Crippen LogP contribution in [0.15, 0.2) is 23.9 Å². The molecule has 1 aliphatic carbocycles. The first kappa shape index (κ1) is 12.8. The van der Waals surface area contributed by atoms with Gasteiger partial charge in [-0.25, -0.2) is 0 Å². The van der Waals surface area contributed by atoms with Crippen molar-refractivity contribution in [2.75, 3.05) is 13.1 Å². The van der Waals surface area contributed by atoms with E-state index in [1.807, 2.05) is 12.1 Å². The second-order valence-electron chi connectivity index (χ2n) is 5.67. The number of piperidine rings is 1. The monoisotopic (exact) mass is 258 g/mol. The summed E-state index contributed by atoms with van der Waals surface area (Å²) in [6.07, 6.45) is 10.6. The largest absolute Gasteiger partial charge is 0.392 e. The number of likely N-dealkylation sites (tertiary alicyclic amines) is 1. The van der Waals surface area contributed by atoms with Crippen molar-refractivity contribution in [1.29, 1.82) is 0 Å². The van der Waals surface area contributed by atoms with Gasteiger partial charge in [0.2, 0.25) is 0 Å². The van der Waals surface area contributed by atoms with Crippen molar-refractivity contribution in [2.45, 2.75) is 44.8 Å². The van der Waals surface area contributed by atoms with E-state index in [1.165, 1.54) is 50.8 Å². The molecule has 1 saturated carbocycles. The Hall–Kier alpha value is -1.19. The van der Waals surface area contributed by atoms with Crippen LogP contribution in [0.2, 0.25) is 0 Å². The molecule has 3 heteroatoms. The van der Waals surface area contributed by atoms with Crippen LogP contribution in [-0.4, -0.2) is 34.1 Å². The minimum absolute atomic E-state index is 0.0696. The summed E-state index contributed by atoms with van der Waals surface area (Å²) in [4.78, 5) is 7.03. The van der Waals surface area contributed by atoms with Crippen LogP contribution in [0.25, 0.3) is 6.08 Å². The molecular weight excluding hydrogens is 236 g/mol. The molecular formula is C16H22N2O. The number of aliphatic hydroxyl groups is 1. The molecule has 2 aliphatic rings. The van der Waals surface area contributed by atoms with Crippen LogP contribution >= 0.6 is 0 Å². The van der Waals surface area contributed by atoms with E-state index >= 15 is 0 Å². The van der Waals surface area contributed by atoms with Gasteiger partial charge in [-0.1, -0.05) is 18.1 Å². The average molecular weight is 258 g/mol. The molecule has 0 spiro atoms. The van der Waals surface area contributed by atoms with Gasteiger partial charge in [0.25, 0.3) is 0 Å². The summed E-state index contributed by atoms with van der Waals surface area (Å²) >= 11 is 0. The van der Waals surface area contributed by atoms with E-state index in [0.717, 1.165) is 17.3 Å². The molecule has 0 radical (unpaired) electrons. The van der Waals surface area contributed by atoms with Gasteiger partial charge in [0, 0.05) is 25.3 Å². The van der Waals surface area contributed by atoms with Crippen molar-refractivity contribution in [3.8, 4) is 0 Å². The molecule has 3 rings (SSSR count). The highest BCUT2D eigenvalue weighted by Gasteiger charge is 2.26. The van der Waals surface area contributed by atoms with Crippen molar-refractivity contribution in [2.24, 2.45) is 0 Å². The maximum atomic E-state index is 9.00. The Morgan fingerprint density at radius 2 is 2.05 bits per heavy atom. The van der Waals surface area contributed by atoms with Crippen molar-refractivity contribution in [3.05, 3.63) is 35.2 Å². The second-order valence-corrected chi connectivity index (χ2v) is 5.67. The van der Waals surface area contributed by atoms with Gasteiger partial charge in [0.1, 0.15) is 0 Å². The van der Waals surface area contributed by atoms with Crippen LogP contribution in [0, 0.1) is 0 Å². The number of aromatic nitrogens is 1. The van der Waals surface area contributed by atoms with Gasteiger partial charge in [-0.05, 0) is 43.4 Å². The lowest BCUT2D eigenvalue weighted by Gasteiger charge is -2.40. The van der Waals surface area contributed by atoms with Crippen LogP contribution in [0.4, 0.5) is 0 Å². The zero-order valence-corrected chi connectivity index (χ0v) is 11.4. The van der Waals surface area contributed by atoms with E-state index in [4.69, 9.17) is 5.11 Å². The summed E-state index contributed by atoms with van der Waals surface area (Å²) in [7, 11) is 0. The topological polar surface area (TPSA) is 36.4 Å². The average Bonchev–Trinajstić information content (AvgIpc) is 2.40. The van der Waals surface area contributed by atoms with Gasteiger partial charge < -0.3 is 5.11 Å². The quantitative estimate of drug-likeness (QED) is 0.905. The molecule has 19 heavy (non-hydrogen) atoms. The van der Waals surface area contributed by atoms with Gasteiger partial charge in [-0.2, -0.15) is 0 Å². The SMILES string of the molecule is OCc1ccc(C=C2CCN(C3CCC3)CC2)nc1. The normalized spacial score (nSPS) is 21.2. The highest BCUT2D eigenvalue weighted by atomic mass is 16.3. The zero-order chi connectivity index (χ0) is 13.1. The van der Waals surface area contributed by atoms with Crippen LogP contribution < -0.4 is 0 Å². The predicted octanol–water partition coefficient (Wildman–Crippen LogP) is 2.61. The standard InChI is InChI=1S/C16H22N2O/c19-12-14-4-5-15(17-11-14)10-13-6-8-18(9-7-13)16-2-1-3-16/h4-5,10-11,16,19H,1-3,6-9,12H2. The minimum atomic E-state index is 0.0696. The molecule has 0 bridgehead atoms. The molecule has 102 valence electrons. The maximum absolute atomic E-state index is 9.00. The van der Waals surface area contributed by atoms with Crippen LogP contribution in [0.5, 0.6) is 0 Å². The van der Waals surface area contributed by atoms with E-state index < -0.39 is 0 Å². The molecule has 2 heterocycles. The molecule has 1 aromatic heterocycles. The fraction of sp³-hybridized carbons (Fsp3) is 0.562. The Bertz CT molecular complexity index is 438. The second kappa shape index (κ2) is 5.85. The highest BCUT2D eigenvalue weighted by Crippen LogP contribution is 2.29. The molecule has 0 unspecified atom stereocenters. The summed E-state index contributed by atoms with van der Waals surface area (Å²) in [5.41, 5.74) is 3.41. The predicted molar refractivity (Wildman–Crippen MR) is 76.6 cm³/mol. The third kappa shape index (κ3) is 3.04. The summed E-state index contributed by atoms with van der Waals surface area (Å²) in [6.45, 7) is 2.50. The van der Waals surface area contributed by atoms with Gasteiger partial charge in [-0.15, -0.1) is 0 Å². The van der Waals surface area contributed by atoms with E-state index in [2.05, 4.69) is 16.0 Å². The number of pyridine rings is 1. The lowest BCUT2D eigenvalue weighted by atomic mass is 9.89. The first-order valence-electron chi connectivity index (χ1n) is 7.34. The first-order chi connectivity index (χ1) is 9.35. The zero-order valence-electron chi connectivity index (χ0n) is 11.4. The summed E-state index contributed by atoms with van der Waals surface area (Å²) in [5, 5.41) is 9.00. The Kier molecular flexibility index (Phi) is 3.95. The Morgan fingerprint density at radius 3 is 2.58 bits per heavy atom. The van der Waals surface area contributed by atoms with Crippen LogP contribution in [-0.2, 0) is 6.61 Å². The number of hydrogen-bond acceptors (Lipinski definition) is 3. The first-order valence-corrected chi connectivity index (χ1v) is 7.34. The Balaban J connectivity index is 1.58. The molecule has 1 N–H and O–H groups in total. The Labute approximate surface area is 115 Å². The summed E-state index contributed by atoms with van der Waals surface area (Å²) in [6, 6.07) is 4.82. The van der Waals surface area contributed by atoms with E-state index in [-0.39, 0.29) is 6.61 Å². The van der Waals surface area contributed by atoms with Gasteiger partial charge in [0.05, 0.1) is 12.3 Å². The molecule has 1 aliphatic heterocycles. The molecule has 3 nitrogen and oxygen atoms in total. The molecule has 2 fully saturated rings. The van der Waals surface area contributed by atoms with Crippen LogP contribution in [0.1, 0.15) is 43.4 Å². The van der Waals surface area contributed by atoms with E-state index in [1.54, 1.807) is 6.20 Å². The molecule has 0 amide bonds. The minimum Gasteiger partial charge on any atom is -0.392 e. The third-order valence-corrected chi connectivity index (χ3v) is 4.41. The van der Waals surface area contributed by atoms with Crippen molar-refractivity contribution >= 4 is 6.08 Å². The molecule has 0 aromatic carbocycles. The van der Waals surface area contributed by atoms with Gasteiger partial charge >= 0.3 is 0 Å². The van der Waals surface area contributed by atoms with Crippen molar-refractivity contribution < 1.29 is 5.11 Å². The lowest BCUT2D eigenvalue weighted by Crippen LogP contribution is -2.43. The third-order valence-electron chi connectivity index (χ3n) is 4.41. The molecule has 1 saturated heterocycles. The summed E-state index contributed by atoms with van der Waals surface area (Å²) in [5.74, 6) is 0. The maximum Gasteiger partial charge on any atom is 0.0696 e. The number of hydrogen-bond donors (Lipinski definition) is 1. The number of aliphatic hydroxyl groups excluding tert-OH is 1. The lowest BCUT2D eigenvalue weighted by molar-refractivity contribution is 0.118. The highest BCUT2D eigenvalue weighted by molar-refractivity contribution is 5.49. The molecule has 0 atom stereocenters. The van der Waals surface area contributed by atoms with Gasteiger partial charge in [0.15, 0.2) is 0 Å². The number of rotatable bonds is 3. The van der Waals surface area contributed by atoms with Crippen molar-refractivity contribution in [1.82, 2.24) is 9.88 Å². The van der Waals surface area contributed by atoms with Crippen molar-refractivity contribution in [3.63, 3.8) is 0 Å². The smallest absolute Gasteiger partial charge is 0.0696 e. The van der Waals surface area contributed by atoms with Crippen LogP contribution in [0.3, 0.4) is 0 Å². The fourth-order valence-corrected chi connectivity index (χ4v) is 2.90. The van der Waals surface area contributed by atoms with E-state index in [9.17, 15) is 0 Å². The number of nitrogens with zero attached hydrogens (tertiary/aromatic N) is 2. The fourth-order valence-electron chi connectivity index (χ4n) is 2.90.